The fourth-order valence-electron chi connectivity index (χ4n) is 5.49. The Morgan fingerprint density at radius 2 is 1.71 bits per heavy atom. The molecule has 1 aromatic heterocycles. The highest BCUT2D eigenvalue weighted by Crippen LogP contribution is 2.40. The number of aromatic nitrogens is 1. The van der Waals surface area contributed by atoms with Crippen molar-refractivity contribution >= 4 is 34.1 Å². The van der Waals surface area contributed by atoms with E-state index < -0.39 is 6.04 Å². The number of fused-ring (bicyclic) bond motifs is 2. The molecule has 42 heavy (non-hydrogen) atoms. The van der Waals surface area contributed by atoms with Crippen LogP contribution in [0.5, 0.6) is 17.2 Å². The average Bonchev–Trinajstić information content (AvgIpc) is 3.30. The van der Waals surface area contributed by atoms with E-state index in [2.05, 4.69) is 0 Å². The van der Waals surface area contributed by atoms with E-state index >= 15 is 0 Å². The predicted octanol–water partition coefficient (Wildman–Crippen LogP) is 4.67. The van der Waals surface area contributed by atoms with Gasteiger partial charge < -0.3 is 19.1 Å². The topological polar surface area (TPSA) is 82.4 Å². The minimum Gasteiger partial charge on any atom is -0.496 e. The first-order valence-electron chi connectivity index (χ1n) is 14.0. The van der Waals surface area contributed by atoms with Crippen molar-refractivity contribution in [3.05, 3.63) is 96.7 Å². The van der Waals surface area contributed by atoms with Crippen molar-refractivity contribution in [2.45, 2.75) is 33.7 Å². The Labute approximate surface area is 248 Å². The first-order valence-corrected chi connectivity index (χ1v) is 14.9. The minimum atomic E-state index is -0.729. The van der Waals surface area contributed by atoms with Gasteiger partial charge in [0.05, 0.1) is 36.6 Å². The molecular weight excluding hydrogens is 550 g/mol. The zero-order valence-electron chi connectivity index (χ0n) is 24.8. The molecule has 2 heterocycles. The van der Waals surface area contributed by atoms with E-state index in [0.717, 1.165) is 21.9 Å². The maximum atomic E-state index is 14.3. The minimum absolute atomic E-state index is 0.147. The normalized spacial score (nSPS) is 14.9. The Bertz CT molecular complexity index is 1870. The van der Waals surface area contributed by atoms with Crippen molar-refractivity contribution in [1.82, 2.24) is 9.47 Å². The number of ether oxygens (including phenoxy) is 3. The van der Waals surface area contributed by atoms with E-state index in [4.69, 9.17) is 19.2 Å². The van der Waals surface area contributed by atoms with Crippen LogP contribution in [0.15, 0.2) is 75.7 Å². The number of thiazole rings is 1. The van der Waals surface area contributed by atoms with Gasteiger partial charge in [0.1, 0.15) is 11.8 Å². The van der Waals surface area contributed by atoms with Crippen LogP contribution in [0.2, 0.25) is 0 Å². The van der Waals surface area contributed by atoms with Crippen LogP contribution in [-0.4, -0.2) is 49.3 Å². The standard InChI is InChI=1S/C33H35N3O5S/c1-7-35(8-2)32(38)28-20(4)34-33-36(30(28)29-23-13-11-10-12-22(23)15-17-25(29)39-5)31(37)27(42-33)19-21-14-16-24(41-9-3)26(18-21)40-6/h10-19,30H,7-9H2,1-6H3/b27-19+/t30-/m1/s1. The van der Waals surface area contributed by atoms with Gasteiger partial charge in [0.25, 0.3) is 11.5 Å². The molecule has 1 aliphatic rings. The molecule has 1 aliphatic heterocycles. The molecule has 0 spiro atoms. The molecule has 0 unspecified atom stereocenters. The Balaban J connectivity index is 1.80. The highest BCUT2D eigenvalue weighted by atomic mass is 32.1. The molecule has 5 rings (SSSR count). The zero-order chi connectivity index (χ0) is 30.0. The first-order chi connectivity index (χ1) is 20.4. The van der Waals surface area contributed by atoms with E-state index in [0.29, 0.717) is 57.5 Å². The Morgan fingerprint density at radius 3 is 2.40 bits per heavy atom. The number of hydrogen-bond acceptors (Lipinski definition) is 7. The lowest BCUT2D eigenvalue weighted by Crippen LogP contribution is -2.43. The van der Waals surface area contributed by atoms with Crippen molar-refractivity contribution < 1.29 is 19.0 Å². The van der Waals surface area contributed by atoms with Gasteiger partial charge in [0.2, 0.25) is 0 Å². The molecule has 0 N–H and O–H groups in total. The SMILES string of the molecule is CCOc1ccc(/C=c2/sc3n(c2=O)[C@@H](c2c(OC)ccc4ccccc24)C(C(=O)N(CC)CC)=C(C)N=3)cc1OC. The Kier molecular flexibility index (Phi) is 8.49. The molecule has 0 radical (unpaired) electrons. The summed E-state index contributed by atoms with van der Waals surface area (Å²) >= 11 is 1.30. The van der Waals surface area contributed by atoms with Gasteiger partial charge in [-0.15, -0.1) is 0 Å². The van der Waals surface area contributed by atoms with Crippen LogP contribution in [0.3, 0.4) is 0 Å². The molecule has 0 aliphatic carbocycles. The van der Waals surface area contributed by atoms with Gasteiger partial charge >= 0.3 is 0 Å². The molecular formula is C33H35N3O5S. The third-order valence-corrected chi connectivity index (χ3v) is 8.50. The first kappa shape index (κ1) is 29.1. The lowest BCUT2D eigenvalue weighted by atomic mass is 9.90. The summed E-state index contributed by atoms with van der Waals surface area (Å²) in [6, 6.07) is 16.7. The zero-order valence-corrected chi connectivity index (χ0v) is 25.6. The molecule has 0 bridgehead atoms. The lowest BCUT2D eigenvalue weighted by molar-refractivity contribution is -0.127. The van der Waals surface area contributed by atoms with Crippen molar-refractivity contribution in [1.29, 1.82) is 0 Å². The van der Waals surface area contributed by atoms with E-state index in [1.807, 2.05) is 88.4 Å². The van der Waals surface area contributed by atoms with E-state index in [1.165, 1.54) is 11.3 Å². The summed E-state index contributed by atoms with van der Waals surface area (Å²) in [5.74, 6) is 1.67. The van der Waals surface area contributed by atoms with Crippen molar-refractivity contribution in [2.24, 2.45) is 4.99 Å². The van der Waals surface area contributed by atoms with Crippen LogP contribution in [0.4, 0.5) is 0 Å². The smallest absolute Gasteiger partial charge is 0.271 e. The maximum Gasteiger partial charge on any atom is 0.271 e. The Hall–Kier alpha value is -4.37. The number of benzene rings is 3. The summed E-state index contributed by atoms with van der Waals surface area (Å²) in [4.78, 5) is 35.5. The van der Waals surface area contributed by atoms with Crippen molar-refractivity contribution in [3.8, 4) is 17.2 Å². The van der Waals surface area contributed by atoms with Gasteiger partial charge in [0.15, 0.2) is 16.3 Å². The number of methoxy groups -OCH3 is 2. The van der Waals surface area contributed by atoms with Gasteiger partial charge in [-0.3, -0.25) is 14.2 Å². The number of hydrogen-bond donors (Lipinski definition) is 0. The van der Waals surface area contributed by atoms with Crippen LogP contribution in [0, 0.1) is 0 Å². The number of allylic oxidation sites excluding steroid dienone is 1. The van der Waals surface area contributed by atoms with Gasteiger partial charge in [0, 0.05) is 18.7 Å². The third-order valence-electron chi connectivity index (χ3n) is 7.51. The summed E-state index contributed by atoms with van der Waals surface area (Å²) in [6.45, 7) is 9.24. The second-order valence-corrected chi connectivity index (χ2v) is 10.8. The molecule has 4 aromatic rings. The van der Waals surface area contributed by atoms with Crippen molar-refractivity contribution in [3.63, 3.8) is 0 Å². The summed E-state index contributed by atoms with van der Waals surface area (Å²) in [5.41, 5.74) is 2.37. The molecule has 0 saturated heterocycles. The van der Waals surface area contributed by atoms with Crippen LogP contribution < -0.4 is 29.1 Å². The summed E-state index contributed by atoms with van der Waals surface area (Å²) in [7, 11) is 3.20. The monoisotopic (exact) mass is 585 g/mol. The second-order valence-electron chi connectivity index (χ2n) is 9.81. The quantitative estimate of drug-likeness (QED) is 0.285. The molecule has 0 fully saturated rings. The molecule has 0 saturated carbocycles. The van der Waals surface area contributed by atoms with Crippen LogP contribution >= 0.6 is 11.3 Å². The van der Waals surface area contributed by atoms with E-state index in [9.17, 15) is 9.59 Å². The van der Waals surface area contributed by atoms with Crippen LogP contribution in [-0.2, 0) is 4.79 Å². The molecule has 3 aromatic carbocycles. The highest BCUT2D eigenvalue weighted by molar-refractivity contribution is 7.07. The van der Waals surface area contributed by atoms with Gasteiger partial charge in [-0.2, -0.15) is 0 Å². The van der Waals surface area contributed by atoms with Gasteiger partial charge in [-0.05, 0) is 68.3 Å². The van der Waals surface area contributed by atoms with Crippen molar-refractivity contribution in [2.75, 3.05) is 33.9 Å². The largest absolute Gasteiger partial charge is 0.496 e. The number of carbonyl (C=O) groups excluding carboxylic acids is 1. The molecule has 9 heteroatoms. The third kappa shape index (κ3) is 5.09. The summed E-state index contributed by atoms with van der Waals surface area (Å²) in [6.07, 6.45) is 1.82. The predicted molar refractivity (Wildman–Crippen MR) is 166 cm³/mol. The molecule has 1 amide bonds. The lowest BCUT2D eigenvalue weighted by Gasteiger charge is -2.30. The number of carbonyl (C=O) groups is 1. The second kappa shape index (κ2) is 12.2. The number of rotatable bonds is 9. The number of nitrogens with zero attached hydrogens (tertiary/aromatic N) is 3. The molecule has 1 atom stereocenters. The number of amides is 1. The molecule has 218 valence electrons. The van der Waals surface area contributed by atoms with Gasteiger partial charge in [-0.1, -0.05) is 47.7 Å². The summed E-state index contributed by atoms with van der Waals surface area (Å²) < 4.78 is 19.2. The van der Waals surface area contributed by atoms with Crippen LogP contribution in [0.25, 0.3) is 16.8 Å². The Morgan fingerprint density at radius 1 is 1.00 bits per heavy atom. The van der Waals surface area contributed by atoms with E-state index in [1.54, 1.807) is 23.7 Å². The fourth-order valence-corrected chi connectivity index (χ4v) is 6.53. The fraction of sp³-hybridized carbons (Fsp3) is 0.303. The van der Waals surface area contributed by atoms with Gasteiger partial charge in [-0.25, -0.2) is 4.99 Å². The highest BCUT2D eigenvalue weighted by Gasteiger charge is 2.36. The van der Waals surface area contributed by atoms with E-state index in [-0.39, 0.29) is 11.5 Å². The average molecular weight is 586 g/mol. The van der Waals surface area contributed by atoms with Crippen LogP contribution in [0.1, 0.15) is 44.9 Å². The summed E-state index contributed by atoms with van der Waals surface area (Å²) in [5, 5.41) is 1.90. The number of likely N-dealkylation sites (N-methyl/N-ethyl adjacent to an activating group) is 1. The maximum absolute atomic E-state index is 14.3. The molecule has 8 nitrogen and oxygen atoms in total.